The van der Waals surface area contributed by atoms with E-state index in [2.05, 4.69) is 4.90 Å². The summed E-state index contributed by atoms with van der Waals surface area (Å²) >= 11 is 2.02. The van der Waals surface area contributed by atoms with Gasteiger partial charge in [0.25, 0.3) is 5.69 Å². The van der Waals surface area contributed by atoms with Crippen molar-refractivity contribution in [3.8, 4) is 0 Å². The van der Waals surface area contributed by atoms with Crippen LogP contribution >= 0.6 is 22.6 Å². The van der Waals surface area contributed by atoms with E-state index in [0.717, 1.165) is 31.4 Å². The van der Waals surface area contributed by atoms with Crippen LogP contribution in [0.5, 0.6) is 0 Å². The Bertz CT molecular complexity index is 509. The predicted octanol–water partition coefficient (Wildman–Crippen LogP) is 2.69. The van der Waals surface area contributed by atoms with Crippen LogP contribution in [0.1, 0.15) is 25.7 Å². The third-order valence-corrected chi connectivity index (χ3v) is 5.00. The zero-order valence-corrected chi connectivity index (χ0v) is 12.5. The second-order valence-electron chi connectivity index (χ2n) is 5.31. The number of aliphatic hydroxyl groups excluding tert-OH is 1. The number of nitrogens with zero attached hydrogens (tertiary/aromatic N) is 2. The van der Waals surface area contributed by atoms with Crippen molar-refractivity contribution in [2.45, 2.75) is 43.9 Å². The van der Waals surface area contributed by atoms with Crippen LogP contribution in [0.2, 0.25) is 0 Å². The van der Waals surface area contributed by atoms with Crippen LogP contribution in [0.4, 0.5) is 11.4 Å². The van der Waals surface area contributed by atoms with Gasteiger partial charge in [-0.25, -0.2) is 0 Å². The summed E-state index contributed by atoms with van der Waals surface area (Å²) in [6.45, 7) is 0. The number of halogens is 1. The van der Waals surface area contributed by atoms with Gasteiger partial charge in [-0.1, -0.05) is 0 Å². The van der Waals surface area contributed by atoms with Crippen LogP contribution in [0, 0.1) is 13.7 Å². The summed E-state index contributed by atoms with van der Waals surface area (Å²) in [6.07, 6.45) is 3.64. The molecule has 1 N–H and O–H groups in total. The Morgan fingerprint density at radius 1 is 1.32 bits per heavy atom. The molecule has 3 rings (SSSR count). The topological polar surface area (TPSA) is 66.6 Å². The lowest BCUT2D eigenvalue weighted by molar-refractivity contribution is -0.385. The number of aliphatic hydroxyl groups is 1. The summed E-state index contributed by atoms with van der Waals surface area (Å²) in [5, 5.41) is 20.7. The Hall–Kier alpha value is -0.890. The summed E-state index contributed by atoms with van der Waals surface area (Å²) in [6, 6.07) is 6.07. The fourth-order valence-corrected chi connectivity index (χ4v) is 4.07. The van der Waals surface area contributed by atoms with Crippen molar-refractivity contribution in [2.24, 2.45) is 0 Å². The van der Waals surface area contributed by atoms with Gasteiger partial charge in [0.2, 0.25) is 0 Å². The molecule has 102 valence electrons. The molecule has 2 atom stereocenters. The van der Waals surface area contributed by atoms with Gasteiger partial charge in [-0.15, -0.1) is 0 Å². The second-order valence-corrected chi connectivity index (χ2v) is 6.47. The fraction of sp³-hybridized carbons (Fsp3) is 0.538. The minimum absolute atomic E-state index is 0.161. The van der Waals surface area contributed by atoms with Crippen molar-refractivity contribution < 1.29 is 10.0 Å². The molecule has 2 bridgehead atoms. The number of piperidine rings is 1. The first-order chi connectivity index (χ1) is 9.06. The van der Waals surface area contributed by atoms with Gasteiger partial charge < -0.3 is 10.0 Å². The highest BCUT2D eigenvalue weighted by atomic mass is 127. The third kappa shape index (κ3) is 2.31. The van der Waals surface area contributed by atoms with E-state index >= 15 is 0 Å². The molecular formula is C13H15IN2O3. The quantitative estimate of drug-likeness (QED) is 0.491. The van der Waals surface area contributed by atoms with Crippen molar-refractivity contribution >= 4 is 34.0 Å². The Kier molecular flexibility index (Phi) is 3.38. The van der Waals surface area contributed by atoms with Crippen LogP contribution < -0.4 is 4.90 Å². The molecule has 2 fully saturated rings. The average Bonchev–Trinajstić information content (AvgIpc) is 2.61. The zero-order chi connectivity index (χ0) is 13.6. The number of fused-ring (bicyclic) bond motifs is 2. The molecule has 0 saturated carbocycles. The number of anilines is 1. The number of benzene rings is 1. The number of hydrogen-bond donors (Lipinski definition) is 1. The summed E-state index contributed by atoms with van der Waals surface area (Å²) in [4.78, 5) is 12.8. The van der Waals surface area contributed by atoms with E-state index in [0.29, 0.717) is 15.7 Å². The Labute approximate surface area is 124 Å². The van der Waals surface area contributed by atoms with Gasteiger partial charge in [0.05, 0.1) is 14.6 Å². The monoisotopic (exact) mass is 374 g/mol. The molecule has 0 radical (unpaired) electrons. The van der Waals surface area contributed by atoms with Crippen LogP contribution in [-0.2, 0) is 0 Å². The van der Waals surface area contributed by atoms with E-state index in [1.54, 1.807) is 6.07 Å². The molecule has 0 aromatic heterocycles. The summed E-state index contributed by atoms with van der Waals surface area (Å²) in [7, 11) is 0. The van der Waals surface area contributed by atoms with E-state index in [9.17, 15) is 15.2 Å². The maximum atomic E-state index is 10.8. The molecule has 2 saturated heterocycles. The molecule has 2 aliphatic rings. The number of nitro groups is 1. The first kappa shape index (κ1) is 13.1. The molecule has 6 heteroatoms. The van der Waals surface area contributed by atoms with E-state index in [4.69, 9.17) is 0 Å². The van der Waals surface area contributed by atoms with Crippen molar-refractivity contribution in [3.05, 3.63) is 31.9 Å². The van der Waals surface area contributed by atoms with E-state index in [-0.39, 0.29) is 16.7 Å². The maximum Gasteiger partial charge on any atom is 0.282 e. The minimum atomic E-state index is -0.347. The van der Waals surface area contributed by atoms with Gasteiger partial charge in [0.15, 0.2) is 0 Å². The lowest BCUT2D eigenvalue weighted by Crippen LogP contribution is -2.44. The summed E-state index contributed by atoms with van der Waals surface area (Å²) in [5.41, 5.74) is 1.21. The Morgan fingerprint density at radius 3 is 2.47 bits per heavy atom. The highest BCUT2D eigenvalue weighted by Crippen LogP contribution is 2.40. The van der Waals surface area contributed by atoms with Crippen molar-refractivity contribution in [1.29, 1.82) is 0 Å². The van der Waals surface area contributed by atoms with Crippen LogP contribution in [0.25, 0.3) is 0 Å². The SMILES string of the molecule is O=[N+]([O-])c1ccc(N2C3CCC2CC(O)C3)cc1I. The highest BCUT2D eigenvalue weighted by molar-refractivity contribution is 14.1. The van der Waals surface area contributed by atoms with Gasteiger partial charge in [0, 0.05) is 23.8 Å². The molecule has 1 aromatic rings. The Morgan fingerprint density at radius 2 is 1.95 bits per heavy atom. The standard InChI is InChI=1S/C13H15IN2O3/c14-12-7-10(3-4-13(12)16(18)19)15-8-1-2-9(15)6-11(17)5-8/h3-4,7-9,11,17H,1-2,5-6H2. The molecule has 2 heterocycles. The normalized spacial score (nSPS) is 29.6. The molecule has 5 nitrogen and oxygen atoms in total. The third-order valence-electron chi connectivity index (χ3n) is 4.13. The van der Waals surface area contributed by atoms with Crippen LogP contribution in [0.15, 0.2) is 18.2 Å². The molecule has 0 amide bonds. The van der Waals surface area contributed by atoms with E-state index in [1.807, 2.05) is 34.7 Å². The first-order valence-electron chi connectivity index (χ1n) is 6.46. The van der Waals surface area contributed by atoms with Crippen molar-refractivity contribution in [3.63, 3.8) is 0 Å². The summed E-state index contributed by atoms with van der Waals surface area (Å²) < 4.78 is 0.672. The lowest BCUT2D eigenvalue weighted by atomic mass is 9.99. The molecule has 2 unspecified atom stereocenters. The van der Waals surface area contributed by atoms with Gasteiger partial charge in [-0.3, -0.25) is 10.1 Å². The van der Waals surface area contributed by atoms with Gasteiger partial charge >= 0.3 is 0 Å². The fourth-order valence-electron chi connectivity index (χ4n) is 3.37. The Balaban J connectivity index is 1.91. The molecule has 1 aromatic carbocycles. The second kappa shape index (κ2) is 4.90. The van der Waals surface area contributed by atoms with Gasteiger partial charge in [-0.2, -0.15) is 0 Å². The highest BCUT2D eigenvalue weighted by Gasteiger charge is 2.40. The zero-order valence-electron chi connectivity index (χ0n) is 10.3. The summed E-state index contributed by atoms with van der Waals surface area (Å²) in [5.74, 6) is 0. The van der Waals surface area contributed by atoms with E-state index < -0.39 is 0 Å². The van der Waals surface area contributed by atoms with Gasteiger partial charge in [0.1, 0.15) is 0 Å². The van der Waals surface area contributed by atoms with Crippen LogP contribution in [-0.4, -0.2) is 28.2 Å². The van der Waals surface area contributed by atoms with Crippen LogP contribution in [0.3, 0.4) is 0 Å². The number of nitro benzene ring substituents is 1. The average molecular weight is 374 g/mol. The molecule has 19 heavy (non-hydrogen) atoms. The predicted molar refractivity (Wildman–Crippen MR) is 80.3 cm³/mol. The minimum Gasteiger partial charge on any atom is -0.393 e. The largest absolute Gasteiger partial charge is 0.393 e. The van der Waals surface area contributed by atoms with Gasteiger partial charge in [-0.05, 0) is 60.4 Å². The lowest BCUT2D eigenvalue weighted by Gasteiger charge is -2.39. The number of rotatable bonds is 2. The molecule has 2 aliphatic heterocycles. The van der Waals surface area contributed by atoms with Crippen molar-refractivity contribution in [1.82, 2.24) is 0 Å². The first-order valence-corrected chi connectivity index (χ1v) is 7.54. The number of hydrogen-bond acceptors (Lipinski definition) is 4. The maximum absolute atomic E-state index is 10.8. The van der Waals surface area contributed by atoms with Crippen molar-refractivity contribution in [2.75, 3.05) is 4.90 Å². The molecule has 0 spiro atoms. The van der Waals surface area contributed by atoms with E-state index in [1.165, 1.54) is 0 Å². The smallest absolute Gasteiger partial charge is 0.282 e. The molecular weight excluding hydrogens is 359 g/mol. The molecule has 0 aliphatic carbocycles.